The van der Waals surface area contributed by atoms with Crippen molar-refractivity contribution in [1.29, 1.82) is 0 Å². The van der Waals surface area contributed by atoms with Crippen LogP contribution in [0.5, 0.6) is 0 Å². The highest BCUT2D eigenvalue weighted by Crippen LogP contribution is 2.29. The third-order valence-corrected chi connectivity index (χ3v) is 318. The lowest BCUT2D eigenvalue weighted by Crippen LogP contribution is -2.65. The van der Waals surface area contributed by atoms with Gasteiger partial charge in [-0.2, -0.15) is 0 Å². The van der Waals surface area contributed by atoms with E-state index in [1.165, 1.54) is 73.7 Å². The van der Waals surface area contributed by atoms with E-state index in [4.69, 9.17) is 51.2 Å². The van der Waals surface area contributed by atoms with Crippen LogP contribution in [0.15, 0.2) is 0 Å². The van der Waals surface area contributed by atoms with Gasteiger partial charge < -0.3 is 215 Å². The van der Waals surface area contributed by atoms with Crippen molar-refractivity contribution in [1.82, 2.24) is 0 Å². The van der Waals surface area contributed by atoms with Gasteiger partial charge in [0.15, 0.2) is 24.2 Å². The van der Waals surface area contributed by atoms with Crippen LogP contribution in [0, 0.1) is 0 Å². The molecule has 0 aliphatic heterocycles. The van der Waals surface area contributed by atoms with E-state index in [1.807, 2.05) is 39.7 Å². The molecule has 0 aromatic rings. The van der Waals surface area contributed by atoms with Crippen LogP contribution in [0.2, 0.25) is 147 Å². The largest absolute Gasteiger partial charge is 0.579 e. The van der Waals surface area contributed by atoms with Gasteiger partial charge in [0.2, 0.25) is 0 Å². The average Bonchev–Trinajstić information content (AvgIpc) is 0.698. The number of hydrogen-bond acceptors (Lipinski definition) is 45. The summed E-state index contributed by atoms with van der Waals surface area (Å²) in [7, 11) is -164. The maximum Gasteiger partial charge on any atom is 0.533 e. The summed E-state index contributed by atoms with van der Waals surface area (Å²) in [6.45, 7) is 39.6. The molecule has 0 heterocycles. The van der Waals surface area contributed by atoms with Crippen molar-refractivity contribution in [3.05, 3.63) is 0 Å². The van der Waals surface area contributed by atoms with E-state index in [0.29, 0.717) is 12.8 Å². The Morgan fingerprint density at radius 2 is 0.504 bits per heavy atom. The third kappa shape index (κ3) is 43.8. The van der Waals surface area contributed by atoms with Crippen molar-refractivity contribution in [3.63, 3.8) is 0 Å². The topological polar surface area (TPSA) is 769 Å². The highest BCUT2D eigenvalue weighted by Gasteiger charge is 2.64. The normalized spacial score (nSPS) is 12.6. The number of unbranched alkanes of at least 4 members (excludes halogenated alkanes) is 3. The lowest BCUT2D eigenvalue weighted by molar-refractivity contribution is 0.0749. The van der Waals surface area contributed by atoms with E-state index in [-0.39, 0.29) is 60.0 Å². The van der Waals surface area contributed by atoms with Gasteiger partial charge in [-0.05, 0) is 104 Å². The van der Waals surface area contributed by atoms with E-state index in [1.54, 1.807) is 40.4 Å². The molecule has 0 amide bonds. The Kier molecular flexibility index (Phi) is 64.4. The lowest BCUT2D eigenvalue weighted by atomic mass is 10.2. The van der Waals surface area contributed by atoms with Crippen LogP contribution in [0.1, 0.15) is 53.4 Å². The van der Waals surface area contributed by atoms with Crippen LogP contribution in [0.4, 0.5) is 0 Å². The molecule has 2 atom stereocenters. The molecule has 0 aromatic carbocycles. The smallest absolute Gasteiger partial charge is 0.533 e. The minimum atomic E-state index is -4.47. The summed E-state index contributed by atoms with van der Waals surface area (Å²) in [6.07, 6.45) is 2.17. The number of rotatable bonds is 65. The molecule has 0 aromatic heterocycles. The molecule has 0 aliphatic carbocycles. The van der Waals surface area contributed by atoms with Gasteiger partial charge in [-0.15, -0.1) is 0 Å². The Labute approximate surface area is 796 Å². The molecule has 718 valence electrons. The predicted molar refractivity (Wildman–Crippen MR) is 504 cm³/mol. The molecule has 92 heteroatoms. The van der Waals surface area contributed by atoms with Crippen molar-refractivity contribution in [2.45, 2.75) is 201 Å². The van der Waals surface area contributed by atoms with Crippen LogP contribution in [-0.4, -0.2) is 405 Å². The van der Waals surface area contributed by atoms with Crippen molar-refractivity contribution in [2.24, 2.45) is 0 Å². The van der Waals surface area contributed by atoms with E-state index < -0.39 is 348 Å². The zero-order chi connectivity index (χ0) is 99.8. The molecular weight excluding hydrogens is 2450 g/mol. The van der Waals surface area contributed by atoms with Gasteiger partial charge in [0.05, 0.1) is 0 Å². The summed E-state index contributed by atoms with van der Waals surface area (Å²) < 4.78 is 502. The van der Waals surface area contributed by atoms with E-state index in [2.05, 4.69) is 19.6 Å². The Balaban J connectivity index is -0.000000777. The van der Waals surface area contributed by atoms with Crippen molar-refractivity contribution in [2.75, 3.05) is 41.2 Å². The second-order valence-corrected chi connectivity index (χ2v) is 243. The fourth-order valence-electron chi connectivity index (χ4n) is 11.0. The molecule has 0 aliphatic rings. The highest BCUT2D eigenvalue weighted by molar-refractivity contribution is 7.83. The zero-order valence-corrected chi connectivity index (χ0v) is 120. The van der Waals surface area contributed by atoms with Gasteiger partial charge in [0.1, 0.15) is 7.59 Å². The standard InChI is InChI=1S/C23H60O21Si20.C14H40O24Si24.3H2O/c1-15-19-20-21-22-62(13,57(36)56(35)54(33)53(32)52(31)51(30)50(29)48(27)45(24)41-61(11,12)44-59(5,6)7)42-46(25)49(28)55(34)58(37)63(14,43-47(26)60(8,9)10)23-64(38-16-2,39-17-3)40-18-4;1-34-62(35-2,36-3)14-60(9,10)57(33)56(32)55(31)54(30)53(29)52(28)51(27)50(26)49(25)48(24)47(23)46(22)45(21)44(20)43(19)42(18)41(17)40(16)39(15)37-61(11,12)38-59(7,8)13-58(4,5)6;;;/h15-23H2,1-14H3;13-14H2,1-12H3;3*1H2. The summed E-state index contributed by atoms with van der Waals surface area (Å²) in [5.41, 5.74) is 0.401. The fraction of sp³-hybridized carbons (Fsp3) is 1.00. The van der Waals surface area contributed by atoms with Gasteiger partial charge >= 0.3 is 292 Å². The van der Waals surface area contributed by atoms with Crippen LogP contribution in [0.25, 0.3) is 0 Å². The van der Waals surface area contributed by atoms with Crippen LogP contribution in [-0.2, 0) is 198 Å². The average molecular weight is 2550 g/mol. The maximum atomic E-state index is 14.4. The third-order valence-electron chi connectivity index (χ3n) is 16.2. The lowest BCUT2D eigenvalue weighted by Gasteiger charge is -2.36. The molecule has 0 radical (unpaired) electrons. The van der Waals surface area contributed by atoms with Crippen LogP contribution in [0.3, 0.4) is 0 Å². The van der Waals surface area contributed by atoms with E-state index >= 15 is 0 Å². The Bertz CT molecular complexity index is 4680. The summed E-state index contributed by atoms with van der Waals surface area (Å²) >= 11 is 0. The molecule has 6 N–H and O–H groups in total. The second-order valence-electron chi connectivity index (χ2n) is 32.8. The highest BCUT2D eigenvalue weighted by atomic mass is 30.1. The van der Waals surface area contributed by atoms with E-state index in [0.717, 1.165) is 12.1 Å². The van der Waals surface area contributed by atoms with Crippen molar-refractivity contribution in [3.8, 4) is 0 Å². The molecule has 0 rings (SSSR count). The van der Waals surface area contributed by atoms with Gasteiger partial charge in [0, 0.05) is 60.6 Å². The first-order valence-electron chi connectivity index (χ1n) is 37.6. The maximum absolute atomic E-state index is 14.4. The first-order valence-corrected chi connectivity index (χ1v) is 148. The quantitative estimate of drug-likeness (QED) is 0.0403. The van der Waals surface area contributed by atoms with Crippen molar-refractivity contribution < 1.29 is 215 Å². The fourth-order valence-corrected chi connectivity index (χ4v) is 440. The SMILES string of the molecule is CCCCCC[Si](C)(O[Si](=O)[Si](=O)[Si](=O)[Si](=O)[Si](C)(C[Si](OCC)(OCC)OCC)O[Si](=O)[Si](C)(C)C)[Si](=O)[Si](=O)[Si](=O)[Si](=O)[Si](=O)[Si](=O)[Si](=O)[Si](=O)[Si](=O)O[Si](C)(C)O[Si](C)(C)C.CO[Si](C[Si](C)(C)[Si](=O)[Si](=O)[Si](=O)[Si](=O)[Si](=O)[Si](=O)[Si](=O)[Si](=O)[Si](=O)[Si](=O)[Si](=O)[Si](=O)[Si](=O)[Si](=O)[Si](=O)[Si](=O)[Si](=O)[Si](=O)[Si](=O)O[Si](C)(C)O[Si](C)(C)C[Si](C)(C)C)(OC)OC.O.O.O. The van der Waals surface area contributed by atoms with Gasteiger partial charge in [-0.3, -0.25) is 0 Å². The van der Waals surface area contributed by atoms with Crippen LogP contribution < -0.4 is 0 Å². The Morgan fingerprint density at radius 3 is 0.775 bits per heavy atom. The van der Waals surface area contributed by atoms with Gasteiger partial charge in [0.25, 0.3) is 15.7 Å². The molecule has 0 saturated heterocycles. The Hall–Kier alpha value is 1.70. The molecule has 0 bridgehead atoms. The molecule has 0 spiro atoms. The molecule has 48 nitrogen and oxygen atoms in total. The summed E-state index contributed by atoms with van der Waals surface area (Å²) in [4.78, 5) is 0. The summed E-state index contributed by atoms with van der Waals surface area (Å²) in [5, 5.41) is 0. The van der Waals surface area contributed by atoms with Gasteiger partial charge in [-0.25, -0.2) is 0 Å². The molecule has 2 unspecified atom stereocenters. The predicted octanol–water partition coefficient (Wildman–Crippen LogP) is -6.80. The van der Waals surface area contributed by atoms with Crippen LogP contribution >= 0.6 is 0 Å². The van der Waals surface area contributed by atoms with Crippen molar-refractivity contribution >= 4 is 348 Å². The first-order chi connectivity index (χ1) is 56.9. The minimum absolute atomic E-state index is 0. The van der Waals surface area contributed by atoms with Gasteiger partial charge in [-0.1, -0.05) is 85.0 Å². The van der Waals surface area contributed by atoms with E-state index in [9.17, 15) is 147 Å². The number of hydrogen-bond donors (Lipinski definition) is 0. The second kappa shape index (κ2) is 59.7. The molecule has 0 fully saturated rings. The molecule has 129 heavy (non-hydrogen) atoms. The minimum Gasteiger partial charge on any atom is -0.579 e. The first kappa shape index (κ1) is 139. The molecular formula is C37H106O48Si44. The summed E-state index contributed by atoms with van der Waals surface area (Å²) in [6, 6.07) is -0.158. The Morgan fingerprint density at radius 1 is 0.248 bits per heavy atom. The molecule has 0 saturated carbocycles. The monoisotopic (exact) mass is 2550 g/mol. The summed E-state index contributed by atoms with van der Waals surface area (Å²) in [5.74, 6) is 0. The zero-order valence-electron chi connectivity index (χ0n) is 75.6.